The molecule has 2 aromatic carbocycles. The smallest absolute Gasteiger partial charge is 0.300 e. The quantitative estimate of drug-likeness (QED) is 0.361. The number of aliphatic hydroxyl groups excluding tert-OH is 1. The van der Waals surface area contributed by atoms with E-state index in [2.05, 4.69) is 0 Å². The average molecular weight is 420 g/mol. The normalized spacial score (nSPS) is 18.1. The lowest BCUT2D eigenvalue weighted by Crippen LogP contribution is -2.29. The van der Waals surface area contributed by atoms with Crippen LogP contribution in [0.4, 0.5) is 5.69 Å². The van der Waals surface area contributed by atoms with Gasteiger partial charge in [-0.2, -0.15) is 0 Å². The molecule has 1 amide bonds. The Balaban J connectivity index is 1.89. The lowest BCUT2D eigenvalue weighted by molar-refractivity contribution is -0.132. The van der Waals surface area contributed by atoms with Crippen LogP contribution in [0.1, 0.15) is 29.0 Å². The number of methoxy groups -OCH3 is 1. The van der Waals surface area contributed by atoms with Gasteiger partial charge in [-0.1, -0.05) is 43.3 Å². The fraction of sp³-hybridized carbons (Fsp3) is 0.167. The molecule has 1 N–H and O–H groups in total. The predicted octanol–water partition coefficient (Wildman–Crippen LogP) is 4.95. The number of aryl methyl sites for hydroxylation is 1. The van der Waals surface area contributed by atoms with Gasteiger partial charge in [0.1, 0.15) is 17.6 Å². The number of benzene rings is 2. The monoisotopic (exact) mass is 419 g/mol. The van der Waals surface area contributed by atoms with E-state index in [9.17, 15) is 14.7 Å². The van der Waals surface area contributed by atoms with Crippen molar-refractivity contribution >= 4 is 34.5 Å². The van der Waals surface area contributed by atoms with Crippen LogP contribution in [-0.4, -0.2) is 23.9 Å². The van der Waals surface area contributed by atoms with Crippen molar-refractivity contribution in [2.24, 2.45) is 0 Å². The summed E-state index contributed by atoms with van der Waals surface area (Å²) < 4.78 is 5.29. The molecule has 30 heavy (non-hydrogen) atoms. The Morgan fingerprint density at radius 1 is 1.10 bits per heavy atom. The first-order valence-corrected chi connectivity index (χ1v) is 10.5. The number of Topliss-reactive ketones (excluding diaryl/α,β-unsaturated/α-hetero) is 1. The molecule has 4 rings (SSSR count). The number of anilines is 1. The van der Waals surface area contributed by atoms with E-state index >= 15 is 0 Å². The minimum atomic E-state index is -0.706. The molecule has 0 spiro atoms. The Morgan fingerprint density at radius 2 is 1.87 bits per heavy atom. The number of nitrogens with zero attached hydrogens (tertiary/aromatic N) is 1. The first kappa shape index (κ1) is 19.9. The second-order valence-electron chi connectivity index (χ2n) is 6.94. The highest BCUT2D eigenvalue weighted by Gasteiger charge is 2.47. The van der Waals surface area contributed by atoms with Crippen molar-refractivity contribution in [1.29, 1.82) is 0 Å². The maximum Gasteiger partial charge on any atom is 0.300 e. The van der Waals surface area contributed by atoms with Crippen LogP contribution in [0, 0.1) is 0 Å². The van der Waals surface area contributed by atoms with E-state index in [1.54, 1.807) is 43.5 Å². The molecule has 1 aliphatic rings. The Hall–Kier alpha value is -3.38. The van der Waals surface area contributed by atoms with Gasteiger partial charge >= 0.3 is 0 Å². The molecule has 1 aromatic heterocycles. The van der Waals surface area contributed by atoms with Crippen LogP contribution in [0.25, 0.3) is 5.76 Å². The van der Waals surface area contributed by atoms with Gasteiger partial charge in [-0.15, -0.1) is 11.3 Å². The molecule has 0 bridgehead atoms. The number of ketones is 1. The van der Waals surface area contributed by atoms with E-state index < -0.39 is 17.7 Å². The minimum Gasteiger partial charge on any atom is -0.507 e. The summed E-state index contributed by atoms with van der Waals surface area (Å²) in [5.41, 5.74) is 2.26. The van der Waals surface area contributed by atoms with Gasteiger partial charge in [0.05, 0.1) is 12.7 Å². The third kappa shape index (κ3) is 3.39. The van der Waals surface area contributed by atoms with Crippen LogP contribution in [-0.2, 0) is 16.0 Å². The summed E-state index contributed by atoms with van der Waals surface area (Å²) in [4.78, 5) is 28.3. The van der Waals surface area contributed by atoms with E-state index in [0.717, 1.165) is 16.9 Å². The van der Waals surface area contributed by atoms with E-state index in [-0.39, 0.29) is 11.3 Å². The van der Waals surface area contributed by atoms with Crippen LogP contribution in [0.2, 0.25) is 0 Å². The molecule has 0 aliphatic carbocycles. The summed E-state index contributed by atoms with van der Waals surface area (Å²) in [6, 6.07) is 17.4. The molecule has 1 unspecified atom stereocenters. The summed E-state index contributed by atoms with van der Waals surface area (Å²) in [5, 5.41) is 13.0. The van der Waals surface area contributed by atoms with Gasteiger partial charge < -0.3 is 9.84 Å². The number of carbonyl (C=O) groups excluding carboxylic acids is 2. The predicted molar refractivity (Wildman–Crippen MR) is 118 cm³/mol. The van der Waals surface area contributed by atoms with E-state index in [1.165, 1.54) is 16.2 Å². The maximum atomic E-state index is 13.1. The van der Waals surface area contributed by atoms with Crippen molar-refractivity contribution in [1.82, 2.24) is 0 Å². The SMILES string of the molecule is CCc1ccc(/C(O)=C2/C(=O)C(=O)N(c3cccc(OC)c3)C2c2cccs2)cc1. The number of aliphatic hydroxyl groups is 1. The Labute approximate surface area is 178 Å². The third-order valence-corrected chi connectivity index (χ3v) is 6.15. The van der Waals surface area contributed by atoms with E-state index in [1.807, 2.05) is 36.6 Å². The summed E-state index contributed by atoms with van der Waals surface area (Å²) >= 11 is 1.43. The van der Waals surface area contributed by atoms with Crippen molar-refractivity contribution in [3.8, 4) is 5.75 Å². The number of amides is 1. The van der Waals surface area contributed by atoms with E-state index in [0.29, 0.717) is 17.0 Å². The van der Waals surface area contributed by atoms with Crippen molar-refractivity contribution < 1.29 is 19.4 Å². The molecule has 152 valence electrons. The number of ether oxygens (including phenoxy) is 1. The summed E-state index contributed by atoms with van der Waals surface area (Å²) in [6.45, 7) is 2.05. The molecular weight excluding hydrogens is 398 g/mol. The maximum absolute atomic E-state index is 13.1. The molecule has 1 aliphatic heterocycles. The van der Waals surface area contributed by atoms with Gasteiger partial charge in [0.2, 0.25) is 0 Å². The number of carbonyl (C=O) groups is 2. The highest BCUT2D eigenvalue weighted by Crippen LogP contribution is 2.44. The topological polar surface area (TPSA) is 66.8 Å². The molecule has 1 fully saturated rings. The molecule has 2 heterocycles. The van der Waals surface area contributed by atoms with Crippen LogP contribution >= 0.6 is 11.3 Å². The van der Waals surface area contributed by atoms with Crippen LogP contribution in [0.5, 0.6) is 5.75 Å². The molecular formula is C24H21NO4S. The number of hydrogen-bond donors (Lipinski definition) is 1. The van der Waals surface area contributed by atoms with Crippen molar-refractivity contribution in [3.63, 3.8) is 0 Å². The van der Waals surface area contributed by atoms with Gasteiger partial charge in [-0.05, 0) is 35.6 Å². The largest absolute Gasteiger partial charge is 0.507 e. The van der Waals surface area contributed by atoms with Crippen LogP contribution < -0.4 is 9.64 Å². The zero-order chi connectivity index (χ0) is 21.3. The lowest BCUT2D eigenvalue weighted by Gasteiger charge is -2.24. The zero-order valence-electron chi connectivity index (χ0n) is 16.7. The minimum absolute atomic E-state index is 0.0921. The number of rotatable bonds is 5. The summed E-state index contributed by atoms with van der Waals surface area (Å²) in [5.74, 6) is -0.962. The zero-order valence-corrected chi connectivity index (χ0v) is 17.5. The second kappa shape index (κ2) is 8.16. The Kier molecular flexibility index (Phi) is 5.42. The number of thiophene rings is 1. The summed E-state index contributed by atoms with van der Waals surface area (Å²) in [7, 11) is 1.55. The molecule has 1 atom stereocenters. The van der Waals surface area contributed by atoms with Gasteiger partial charge in [-0.25, -0.2) is 0 Å². The van der Waals surface area contributed by atoms with Crippen molar-refractivity contribution in [3.05, 3.63) is 87.6 Å². The standard InChI is InChI=1S/C24H21NO4S/c1-3-15-9-11-16(12-10-15)22(26)20-21(19-8-5-13-30-19)25(24(28)23(20)27)17-6-4-7-18(14-17)29-2/h4-14,21,26H,3H2,1-2H3/b22-20-. The van der Waals surface area contributed by atoms with Gasteiger partial charge in [0.25, 0.3) is 11.7 Å². The van der Waals surface area contributed by atoms with Crippen LogP contribution in [0.3, 0.4) is 0 Å². The first-order chi connectivity index (χ1) is 14.5. The lowest BCUT2D eigenvalue weighted by atomic mass is 9.99. The number of hydrogen-bond acceptors (Lipinski definition) is 5. The molecule has 5 nitrogen and oxygen atoms in total. The molecule has 0 saturated carbocycles. The van der Waals surface area contributed by atoms with E-state index in [4.69, 9.17) is 4.74 Å². The van der Waals surface area contributed by atoms with Crippen LogP contribution in [0.15, 0.2) is 71.6 Å². The van der Waals surface area contributed by atoms with Crippen molar-refractivity contribution in [2.45, 2.75) is 19.4 Å². The molecule has 1 saturated heterocycles. The second-order valence-corrected chi connectivity index (χ2v) is 7.92. The fourth-order valence-electron chi connectivity index (χ4n) is 3.63. The van der Waals surface area contributed by atoms with Gasteiger partial charge in [-0.3, -0.25) is 14.5 Å². The molecule has 3 aromatic rings. The third-order valence-electron chi connectivity index (χ3n) is 5.22. The highest BCUT2D eigenvalue weighted by molar-refractivity contribution is 7.10. The average Bonchev–Trinajstić information content (AvgIpc) is 3.40. The molecule has 6 heteroatoms. The fourth-order valence-corrected chi connectivity index (χ4v) is 4.45. The highest BCUT2D eigenvalue weighted by atomic mass is 32.1. The molecule has 0 radical (unpaired) electrons. The Morgan fingerprint density at radius 3 is 2.50 bits per heavy atom. The van der Waals surface area contributed by atoms with Crippen molar-refractivity contribution in [2.75, 3.05) is 12.0 Å². The Bertz CT molecular complexity index is 1120. The first-order valence-electron chi connectivity index (χ1n) is 9.63. The van der Waals surface area contributed by atoms with Gasteiger partial charge in [0, 0.05) is 22.2 Å². The van der Waals surface area contributed by atoms with Gasteiger partial charge in [0.15, 0.2) is 0 Å². The summed E-state index contributed by atoms with van der Waals surface area (Å²) in [6.07, 6.45) is 0.871.